The molecule has 0 N–H and O–H groups in total. The Balaban J connectivity index is 1.55. The van der Waals surface area contributed by atoms with Crippen molar-refractivity contribution in [1.82, 2.24) is 9.78 Å². The van der Waals surface area contributed by atoms with E-state index in [1.807, 2.05) is 35.7 Å². The lowest BCUT2D eigenvalue weighted by atomic mass is 10.1. The summed E-state index contributed by atoms with van der Waals surface area (Å²) in [5, 5.41) is 6.32. The first-order valence-corrected chi connectivity index (χ1v) is 7.92. The summed E-state index contributed by atoms with van der Waals surface area (Å²) in [7, 11) is 0. The number of thiophene rings is 1. The standard InChI is InChI=1S/C17H12N2O3S/c20-17(12-3-6-16-13(10-12)11-21-22-16)19-8-7-14(18-19)4-5-15-2-1-9-23-15/h1-10H,11H2/b5-4+. The fraction of sp³-hybridized carbons (Fsp3) is 0.0588. The number of aromatic nitrogens is 2. The third kappa shape index (κ3) is 2.81. The van der Waals surface area contributed by atoms with E-state index < -0.39 is 0 Å². The van der Waals surface area contributed by atoms with E-state index in [0.717, 1.165) is 16.1 Å². The molecule has 0 aliphatic carbocycles. The topological polar surface area (TPSA) is 53.4 Å². The molecule has 1 aliphatic rings. The van der Waals surface area contributed by atoms with Gasteiger partial charge < -0.3 is 4.89 Å². The van der Waals surface area contributed by atoms with Crippen LogP contribution in [-0.2, 0) is 11.5 Å². The van der Waals surface area contributed by atoms with Crippen LogP contribution in [0.15, 0.2) is 48.0 Å². The molecular formula is C17H12N2O3S. The summed E-state index contributed by atoms with van der Waals surface area (Å²) < 4.78 is 1.34. The zero-order valence-electron chi connectivity index (χ0n) is 12.0. The van der Waals surface area contributed by atoms with Crippen LogP contribution in [0, 0.1) is 0 Å². The van der Waals surface area contributed by atoms with Crippen LogP contribution in [0.5, 0.6) is 5.75 Å². The van der Waals surface area contributed by atoms with E-state index in [1.165, 1.54) is 4.68 Å². The van der Waals surface area contributed by atoms with E-state index in [4.69, 9.17) is 9.78 Å². The van der Waals surface area contributed by atoms with E-state index >= 15 is 0 Å². The molecule has 0 saturated carbocycles. The van der Waals surface area contributed by atoms with Gasteiger partial charge in [-0.2, -0.15) is 9.99 Å². The van der Waals surface area contributed by atoms with Gasteiger partial charge >= 0.3 is 0 Å². The molecule has 0 radical (unpaired) electrons. The summed E-state index contributed by atoms with van der Waals surface area (Å²) in [5.74, 6) is 0.469. The molecule has 0 atom stereocenters. The molecule has 23 heavy (non-hydrogen) atoms. The number of rotatable bonds is 3. The fourth-order valence-corrected chi connectivity index (χ4v) is 2.91. The highest BCUT2D eigenvalue weighted by Gasteiger charge is 2.17. The number of nitrogens with zero attached hydrogens (tertiary/aromatic N) is 2. The number of hydrogen-bond donors (Lipinski definition) is 0. The second-order valence-electron chi connectivity index (χ2n) is 5.01. The molecule has 1 aromatic carbocycles. The van der Waals surface area contributed by atoms with E-state index in [9.17, 15) is 4.79 Å². The molecule has 3 heterocycles. The molecular weight excluding hydrogens is 312 g/mol. The van der Waals surface area contributed by atoms with Crippen molar-refractivity contribution in [2.75, 3.05) is 0 Å². The zero-order chi connectivity index (χ0) is 15.6. The second kappa shape index (κ2) is 5.83. The Morgan fingerprint density at radius 1 is 1.26 bits per heavy atom. The van der Waals surface area contributed by atoms with Gasteiger partial charge in [-0.3, -0.25) is 4.79 Å². The molecule has 1 aliphatic heterocycles. The van der Waals surface area contributed by atoms with Gasteiger partial charge in [0.05, 0.1) is 5.69 Å². The summed E-state index contributed by atoms with van der Waals surface area (Å²) in [4.78, 5) is 23.5. The minimum atomic E-state index is -0.185. The van der Waals surface area contributed by atoms with Crippen molar-refractivity contribution < 1.29 is 14.6 Å². The summed E-state index contributed by atoms with van der Waals surface area (Å²) >= 11 is 1.65. The minimum absolute atomic E-state index is 0.185. The molecule has 114 valence electrons. The van der Waals surface area contributed by atoms with Crippen LogP contribution in [0.3, 0.4) is 0 Å². The smallest absolute Gasteiger partial charge is 0.278 e. The quantitative estimate of drug-likeness (QED) is 0.690. The normalized spacial score (nSPS) is 13.2. The summed E-state index contributed by atoms with van der Waals surface area (Å²) in [6, 6.07) is 11.0. The lowest BCUT2D eigenvalue weighted by Gasteiger charge is -2.01. The van der Waals surface area contributed by atoms with E-state index in [0.29, 0.717) is 17.9 Å². The third-order valence-electron chi connectivity index (χ3n) is 3.45. The molecule has 2 aromatic heterocycles. The Morgan fingerprint density at radius 2 is 2.22 bits per heavy atom. The Labute approximate surface area is 136 Å². The van der Waals surface area contributed by atoms with Crippen LogP contribution in [0.25, 0.3) is 12.2 Å². The van der Waals surface area contributed by atoms with Gasteiger partial charge in [-0.1, -0.05) is 6.07 Å². The number of carbonyl (C=O) groups is 1. The fourth-order valence-electron chi connectivity index (χ4n) is 2.29. The van der Waals surface area contributed by atoms with Crippen LogP contribution in [0.4, 0.5) is 0 Å². The van der Waals surface area contributed by atoms with Gasteiger partial charge in [-0.15, -0.1) is 11.3 Å². The van der Waals surface area contributed by atoms with Crippen molar-refractivity contribution in [3.05, 3.63) is 69.7 Å². The van der Waals surface area contributed by atoms with Crippen LogP contribution >= 0.6 is 11.3 Å². The van der Waals surface area contributed by atoms with Gasteiger partial charge in [-0.05, 0) is 47.9 Å². The van der Waals surface area contributed by atoms with Gasteiger partial charge in [0.1, 0.15) is 6.61 Å². The molecule has 0 spiro atoms. The predicted octanol–water partition coefficient (Wildman–Crippen LogP) is 3.63. The third-order valence-corrected chi connectivity index (χ3v) is 4.29. The van der Waals surface area contributed by atoms with Crippen LogP contribution in [0.1, 0.15) is 26.5 Å². The largest absolute Gasteiger partial charge is 0.337 e. The lowest BCUT2D eigenvalue weighted by Crippen LogP contribution is -2.12. The molecule has 5 nitrogen and oxygen atoms in total. The maximum absolute atomic E-state index is 12.5. The number of carbonyl (C=O) groups excluding carboxylic acids is 1. The van der Waals surface area contributed by atoms with Gasteiger partial charge in [0.2, 0.25) is 0 Å². The molecule has 0 amide bonds. The van der Waals surface area contributed by atoms with Crippen molar-refractivity contribution >= 4 is 29.4 Å². The Bertz CT molecular complexity index is 881. The number of hydrogen-bond acceptors (Lipinski definition) is 5. The molecule has 6 heteroatoms. The van der Waals surface area contributed by atoms with Crippen molar-refractivity contribution in [2.24, 2.45) is 0 Å². The van der Waals surface area contributed by atoms with Crippen molar-refractivity contribution in [3.63, 3.8) is 0 Å². The van der Waals surface area contributed by atoms with Crippen LogP contribution in [-0.4, -0.2) is 15.7 Å². The van der Waals surface area contributed by atoms with E-state index in [-0.39, 0.29) is 5.91 Å². The number of fused-ring (bicyclic) bond motifs is 1. The number of benzene rings is 1. The highest BCUT2D eigenvalue weighted by Crippen LogP contribution is 2.27. The average molecular weight is 324 g/mol. The summed E-state index contributed by atoms with van der Waals surface area (Å²) in [6.45, 7) is 0.352. The van der Waals surface area contributed by atoms with Crippen molar-refractivity contribution in [2.45, 2.75) is 6.61 Å². The lowest BCUT2D eigenvalue weighted by molar-refractivity contribution is -0.194. The monoisotopic (exact) mass is 324 g/mol. The predicted molar refractivity (Wildman–Crippen MR) is 87.1 cm³/mol. The van der Waals surface area contributed by atoms with Crippen LogP contribution < -0.4 is 4.89 Å². The minimum Gasteiger partial charge on any atom is -0.337 e. The Kier molecular flexibility index (Phi) is 3.53. The molecule has 3 aromatic rings. The van der Waals surface area contributed by atoms with Crippen molar-refractivity contribution in [1.29, 1.82) is 0 Å². The molecule has 0 unspecified atom stereocenters. The SMILES string of the molecule is O=C(c1ccc2c(c1)COO2)n1ccc(/C=C/c2cccs2)n1. The maximum Gasteiger partial charge on any atom is 0.278 e. The first-order valence-electron chi connectivity index (χ1n) is 7.04. The summed E-state index contributed by atoms with van der Waals surface area (Å²) in [6.07, 6.45) is 5.53. The Hall–Kier alpha value is -2.70. The maximum atomic E-state index is 12.5. The highest BCUT2D eigenvalue weighted by atomic mass is 32.1. The van der Waals surface area contributed by atoms with Crippen LogP contribution in [0.2, 0.25) is 0 Å². The molecule has 4 rings (SSSR count). The average Bonchev–Trinajstić information content (AvgIpc) is 3.31. The Morgan fingerprint density at radius 3 is 3.09 bits per heavy atom. The van der Waals surface area contributed by atoms with Gasteiger partial charge in [0, 0.05) is 22.2 Å². The second-order valence-corrected chi connectivity index (χ2v) is 5.99. The van der Waals surface area contributed by atoms with Gasteiger partial charge in [0.15, 0.2) is 5.75 Å². The molecule has 0 fully saturated rings. The summed E-state index contributed by atoms with van der Waals surface area (Å²) in [5.41, 5.74) is 2.15. The first-order chi connectivity index (χ1) is 11.3. The molecule has 0 saturated heterocycles. The van der Waals surface area contributed by atoms with Crippen molar-refractivity contribution in [3.8, 4) is 5.75 Å². The van der Waals surface area contributed by atoms with E-state index in [2.05, 4.69) is 5.10 Å². The first kappa shape index (κ1) is 13.9. The van der Waals surface area contributed by atoms with Gasteiger partial charge in [0.25, 0.3) is 5.91 Å². The highest BCUT2D eigenvalue weighted by molar-refractivity contribution is 7.10. The zero-order valence-corrected chi connectivity index (χ0v) is 12.8. The molecule has 0 bridgehead atoms. The van der Waals surface area contributed by atoms with E-state index in [1.54, 1.807) is 35.7 Å². The van der Waals surface area contributed by atoms with Gasteiger partial charge in [-0.25, -0.2) is 4.68 Å².